The van der Waals surface area contributed by atoms with Crippen LogP contribution in [0.1, 0.15) is 0 Å². The molecule has 0 atom stereocenters. The van der Waals surface area contributed by atoms with Gasteiger partial charge in [-0.2, -0.15) is 0 Å². The molecule has 0 aliphatic heterocycles. The van der Waals surface area contributed by atoms with Crippen molar-refractivity contribution in [1.29, 1.82) is 0 Å². The van der Waals surface area contributed by atoms with Gasteiger partial charge in [0.1, 0.15) is 5.82 Å². The molecule has 0 saturated carbocycles. The normalized spacial score (nSPS) is 11.6. The van der Waals surface area contributed by atoms with Crippen molar-refractivity contribution in [2.24, 2.45) is 7.05 Å². The molecule has 0 aliphatic carbocycles. The van der Waals surface area contributed by atoms with Gasteiger partial charge in [-0.25, -0.2) is 4.98 Å². The maximum atomic E-state index is 4.99. The largest absolute Gasteiger partial charge is 0.327 e. The molecule has 8 rings (SSSR count). The Balaban J connectivity index is 1.40. The Morgan fingerprint density at radius 3 is 2.30 bits per heavy atom. The summed E-state index contributed by atoms with van der Waals surface area (Å²) in [6, 6.07) is 40.8. The van der Waals surface area contributed by atoms with E-state index in [1.54, 1.807) is 11.3 Å². The van der Waals surface area contributed by atoms with E-state index >= 15 is 0 Å². The van der Waals surface area contributed by atoms with Crippen molar-refractivity contribution >= 4 is 44.2 Å². The SMILES string of the molecule is Cn1c(-c2ccc3c4ccccc4n(-c4ccc(-c5cccs5)c(-c5ccccn5)c4)c3c2)nc2ccccc21. The lowest BCUT2D eigenvalue weighted by molar-refractivity contribution is 0.959. The smallest absolute Gasteiger partial charge is 0.140 e. The fourth-order valence-electron chi connectivity index (χ4n) is 5.84. The van der Waals surface area contributed by atoms with Crippen LogP contribution in [-0.4, -0.2) is 19.1 Å². The van der Waals surface area contributed by atoms with Gasteiger partial charge >= 0.3 is 0 Å². The topological polar surface area (TPSA) is 35.6 Å². The highest BCUT2D eigenvalue weighted by Gasteiger charge is 2.18. The van der Waals surface area contributed by atoms with Crippen molar-refractivity contribution in [1.82, 2.24) is 19.1 Å². The van der Waals surface area contributed by atoms with Crippen LogP contribution in [0.4, 0.5) is 0 Å². The van der Waals surface area contributed by atoms with E-state index in [-0.39, 0.29) is 0 Å². The monoisotopic (exact) mass is 532 g/mol. The van der Waals surface area contributed by atoms with Crippen LogP contribution in [-0.2, 0) is 7.05 Å². The number of rotatable bonds is 4. The molecule has 8 aromatic rings. The second-order valence-corrected chi connectivity index (χ2v) is 10.9. The first kappa shape index (κ1) is 22.9. The molecule has 0 saturated heterocycles. The number of para-hydroxylation sites is 3. The van der Waals surface area contributed by atoms with Crippen molar-refractivity contribution in [3.63, 3.8) is 0 Å². The van der Waals surface area contributed by atoms with E-state index in [4.69, 9.17) is 9.97 Å². The molecule has 0 unspecified atom stereocenters. The van der Waals surface area contributed by atoms with Gasteiger partial charge in [-0.05, 0) is 60.0 Å². The van der Waals surface area contributed by atoms with E-state index in [0.717, 1.165) is 44.9 Å². The zero-order valence-corrected chi connectivity index (χ0v) is 22.6. The summed E-state index contributed by atoms with van der Waals surface area (Å²) < 4.78 is 4.56. The Morgan fingerprint density at radius 1 is 0.650 bits per heavy atom. The summed E-state index contributed by atoms with van der Waals surface area (Å²) in [6.45, 7) is 0. The summed E-state index contributed by atoms with van der Waals surface area (Å²) in [6.07, 6.45) is 1.86. The highest BCUT2D eigenvalue weighted by Crippen LogP contribution is 2.39. The first-order chi connectivity index (χ1) is 19.8. The van der Waals surface area contributed by atoms with Gasteiger partial charge < -0.3 is 9.13 Å². The number of nitrogens with zero attached hydrogens (tertiary/aromatic N) is 4. The summed E-state index contributed by atoms with van der Waals surface area (Å²) >= 11 is 1.75. The Bertz CT molecular complexity index is 2170. The maximum absolute atomic E-state index is 4.99. The van der Waals surface area contributed by atoms with Crippen LogP contribution < -0.4 is 0 Å². The Labute approximate surface area is 235 Å². The first-order valence-corrected chi connectivity index (χ1v) is 14.2. The molecule has 4 heterocycles. The maximum Gasteiger partial charge on any atom is 0.140 e. The van der Waals surface area contributed by atoms with Crippen molar-refractivity contribution < 1.29 is 0 Å². The summed E-state index contributed by atoms with van der Waals surface area (Å²) in [5, 5.41) is 4.58. The second-order valence-electron chi connectivity index (χ2n) is 9.99. The molecule has 0 N–H and O–H groups in total. The minimum Gasteiger partial charge on any atom is -0.327 e. The number of imidazole rings is 1. The van der Waals surface area contributed by atoms with E-state index in [1.807, 2.05) is 18.3 Å². The molecule has 0 amide bonds. The van der Waals surface area contributed by atoms with Gasteiger partial charge in [0.2, 0.25) is 0 Å². The molecule has 4 nitrogen and oxygen atoms in total. The van der Waals surface area contributed by atoms with Gasteiger partial charge in [0.15, 0.2) is 0 Å². The summed E-state index contributed by atoms with van der Waals surface area (Å²) in [7, 11) is 2.09. The highest BCUT2D eigenvalue weighted by molar-refractivity contribution is 7.13. The third-order valence-corrected chi connectivity index (χ3v) is 8.61. The average Bonchev–Trinajstić information content (AvgIpc) is 3.74. The van der Waals surface area contributed by atoms with Gasteiger partial charge in [-0.15, -0.1) is 11.3 Å². The van der Waals surface area contributed by atoms with Crippen LogP contribution >= 0.6 is 11.3 Å². The highest BCUT2D eigenvalue weighted by atomic mass is 32.1. The Kier molecular flexibility index (Phi) is 5.18. The zero-order chi connectivity index (χ0) is 26.6. The Morgan fingerprint density at radius 2 is 1.48 bits per heavy atom. The molecular formula is C35H24N4S. The molecule has 0 aliphatic rings. The number of hydrogen-bond donors (Lipinski definition) is 0. The summed E-state index contributed by atoms with van der Waals surface area (Å²) in [4.78, 5) is 11.0. The number of aromatic nitrogens is 4. The van der Waals surface area contributed by atoms with E-state index in [1.165, 1.54) is 26.7 Å². The van der Waals surface area contributed by atoms with Crippen LogP contribution in [0.25, 0.3) is 71.6 Å². The molecule has 0 fully saturated rings. The fraction of sp³-hybridized carbons (Fsp3) is 0.0286. The van der Waals surface area contributed by atoms with Crippen LogP contribution in [0.15, 0.2) is 127 Å². The molecule has 5 heteroatoms. The molecule has 40 heavy (non-hydrogen) atoms. The number of hydrogen-bond acceptors (Lipinski definition) is 3. The zero-order valence-electron chi connectivity index (χ0n) is 21.8. The number of fused-ring (bicyclic) bond motifs is 4. The fourth-order valence-corrected chi connectivity index (χ4v) is 6.61. The summed E-state index contributed by atoms with van der Waals surface area (Å²) in [5.41, 5.74) is 9.94. The van der Waals surface area contributed by atoms with Gasteiger partial charge in [0, 0.05) is 51.3 Å². The minimum absolute atomic E-state index is 0.960. The second kappa shape index (κ2) is 9.04. The minimum atomic E-state index is 0.960. The third kappa shape index (κ3) is 3.52. The van der Waals surface area contributed by atoms with Crippen molar-refractivity contribution in [3.8, 4) is 38.8 Å². The van der Waals surface area contributed by atoms with E-state index in [9.17, 15) is 0 Å². The lowest BCUT2D eigenvalue weighted by atomic mass is 10.0. The molecular weight excluding hydrogens is 508 g/mol. The Hall–Kier alpha value is -5.00. The van der Waals surface area contributed by atoms with Gasteiger partial charge in [0.05, 0.1) is 27.8 Å². The quantitative estimate of drug-likeness (QED) is 0.227. The van der Waals surface area contributed by atoms with Crippen molar-refractivity contribution in [2.75, 3.05) is 0 Å². The first-order valence-electron chi connectivity index (χ1n) is 13.3. The van der Waals surface area contributed by atoms with Crippen LogP contribution in [0.3, 0.4) is 0 Å². The lowest BCUT2D eigenvalue weighted by Gasteiger charge is -2.14. The average molecular weight is 533 g/mol. The van der Waals surface area contributed by atoms with Gasteiger partial charge in [-0.1, -0.05) is 60.7 Å². The number of benzene rings is 4. The summed E-state index contributed by atoms with van der Waals surface area (Å²) in [5.74, 6) is 0.960. The third-order valence-electron chi connectivity index (χ3n) is 7.71. The lowest BCUT2D eigenvalue weighted by Crippen LogP contribution is -1.97. The van der Waals surface area contributed by atoms with Gasteiger partial charge in [-0.3, -0.25) is 4.98 Å². The molecule has 0 spiro atoms. The number of thiophene rings is 1. The predicted octanol–water partition coefficient (Wildman–Crippen LogP) is 9.13. The van der Waals surface area contributed by atoms with E-state index in [0.29, 0.717) is 0 Å². The van der Waals surface area contributed by atoms with E-state index in [2.05, 4.69) is 125 Å². The number of aryl methyl sites for hydroxylation is 1. The van der Waals surface area contributed by atoms with Crippen LogP contribution in [0.5, 0.6) is 0 Å². The standard InChI is InChI=1S/C35H24N4S/c1-38-32-13-5-3-11-30(32)37-35(38)23-15-17-26-25-9-2-4-12-31(25)39(33(26)21-23)24-16-18-27(34-14-8-20-40-34)28(22-24)29-10-6-7-19-36-29/h2-22H,1H3. The molecule has 190 valence electrons. The van der Waals surface area contributed by atoms with Crippen LogP contribution in [0.2, 0.25) is 0 Å². The number of pyridine rings is 1. The van der Waals surface area contributed by atoms with Crippen molar-refractivity contribution in [3.05, 3.63) is 127 Å². The molecule has 4 aromatic carbocycles. The van der Waals surface area contributed by atoms with Crippen LogP contribution in [0, 0.1) is 0 Å². The molecule has 4 aromatic heterocycles. The molecule has 0 bridgehead atoms. The van der Waals surface area contributed by atoms with Crippen molar-refractivity contribution in [2.45, 2.75) is 0 Å². The molecule has 0 radical (unpaired) electrons. The van der Waals surface area contributed by atoms with E-state index < -0.39 is 0 Å². The predicted molar refractivity (Wildman–Crippen MR) is 167 cm³/mol. The van der Waals surface area contributed by atoms with Gasteiger partial charge in [0.25, 0.3) is 0 Å².